The van der Waals surface area contributed by atoms with Crippen molar-refractivity contribution in [2.75, 3.05) is 26.7 Å². The van der Waals surface area contributed by atoms with Crippen LogP contribution in [0.1, 0.15) is 41.5 Å². The van der Waals surface area contributed by atoms with E-state index in [-0.39, 0.29) is 23.7 Å². The molecule has 2 atom stereocenters. The molecule has 20 heavy (non-hydrogen) atoms. The van der Waals surface area contributed by atoms with Crippen molar-refractivity contribution in [3.8, 4) is 0 Å². The average Bonchev–Trinajstić information content (AvgIpc) is 2.66. The number of hydrogen-bond donors (Lipinski definition) is 1. The molecular formula is C15H30N2O3. The molecule has 5 heteroatoms. The van der Waals surface area contributed by atoms with E-state index in [0.717, 1.165) is 6.54 Å². The van der Waals surface area contributed by atoms with Crippen molar-refractivity contribution in [2.45, 2.75) is 59.3 Å². The fourth-order valence-corrected chi connectivity index (χ4v) is 2.12. The number of nitrogens with zero attached hydrogens (tertiary/aromatic N) is 1. The third-order valence-electron chi connectivity index (χ3n) is 3.12. The molecule has 1 heterocycles. The predicted molar refractivity (Wildman–Crippen MR) is 79.8 cm³/mol. The summed E-state index contributed by atoms with van der Waals surface area (Å²) in [6, 6.07) is 0.159. The van der Waals surface area contributed by atoms with Crippen LogP contribution >= 0.6 is 0 Å². The maximum Gasteiger partial charge on any atom is 0.410 e. The van der Waals surface area contributed by atoms with Crippen LogP contribution in [0.25, 0.3) is 0 Å². The standard InChI is InChI=1S/C15H30N2O3/c1-14(2,3)10-16-11-8-17(9-12(11)19-7)13(18)20-15(4,5)6/h11-12,16H,8-10H2,1-7H3/t11?,12-/m0/s1. The van der Waals surface area contributed by atoms with Gasteiger partial charge in [0, 0.05) is 20.2 Å². The number of amides is 1. The SMILES string of the molecule is CO[C@H]1CN(C(=O)OC(C)(C)C)CC1NCC(C)(C)C. The van der Waals surface area contributed by atoms with Gasteiger partial charge in [-0.25, -0.2) is 4.79 Å². The summed E-state index contributed by atoms with van der Waals surface area (Å²) in [6.07, 6.45) is -0.246. The van der Waals surface area contributed by atoms with Crippen molar-refractivity contribution in [2.24, 2.45) is 5.41 Å². The molecule has 1 aliphatic heterocycles. The number of hydrogen-bond acceptors (Lipinski definition) is 4. The second-order valence-electron chi connectivity index (χ2n) is 7.71. The van der Waals surface area contributed by atoms with Crippen LogP contribution in [0.2, 0.25) is 0 Å². The van der Waals surface area contributed by atoms with Gasteiger partial charge in [0.25, 0.3) is 0 Å². The molecule has 1 N–H and O–H groups in total. The largest absolute Gasteiger partial charge is 0.444 e. The van der Waals surface area contributed by atoms with Gasteiger partial charge in [-0.05, 0) is 26.2 Å². The Kier molecular flexibility index (Phi) is 5.44. The lowest BCUT2D eigenvalue weighted by Crippen LogP contribution is -2.44. The zero-order valence-corrected chi connectivity index (χ0v) is 13.9. The first-order valence-electron chi connectivity index (χ1n) is 7.26. The van der Waals surface area contributed by atoms with Crippen molar-refractivity contribution in [3.63, 3.8) is 0 Å². The highest BCUT2D eigenvalue weighted by Gasteiger charge is 2.37. The van der Waals surface area contributed by atoms with Crippen LogP contribution < -0.4 is 5.32 Å². The van der Waals surface area contributed by atoms with Gasteiger partial charge in [0.05, 0.1) is 18.7 Å². The summed E-state index contributed by atoms with van der Waals surface area (Å²) in [5.74, 6) is 0. The average molecular weight is 286 g/mol. The summed E-state index contributed by atoms with van der Waals surface area (Å²) >= 11 is 0. The van der Waals surface area contributed by atoms with E-state index in [2.05, 4.69) is 26.1 Å². The van der Waals surface area contributed by atoms with Crippen molar-refractivity contribution < 1.29 is 14.3 Å². The van der Waals surface area contributed by atoms with Gasteiger partial charge in [-0.2, -0.15) is 0 Å². The van der Waals surface area contributed by atoms with Gasteiger partial charge >= 0.3 is 6.09 Å². The minimum absolute atomic E-state index is 0.0184. The molecule has 0 aromatic rings. The van der Waals surface area contributed by atoms with Crippen LogP contribution in [0.3, 0.4) is 0 Å². The minimum Gasteiger partial charge on any atom is -0.444 e. The zero-order valence-electron chi connectivity index (χ0n) is 13.9. The van der Waals surface area contributed by atoms with Crippen LogP contribution in [0.15, 0.2) is 0 Å². The molecule has 1 unspecified atom stereocenters. The topological polar surface area (TPSA) is 50.8 Å². The zero-order chi connectivity index (χ0) is 15.6. The van der Waals surface area contributed by atoms with Gasteiger partial charge in [-0.1, -0.05) is 20.8 Å². The maximum absolute atomic E-state index is 12.1. The molecule has 118 valence electrons. The van der Waals surface area contributed by atoms with Crippen molar-refractivity contribution >= 4 is 6.09 Å². The smallest absolute Gasteiger partial charge is 0.410 e. The predicted octanol–water partition coefficient (Wildman–Crippen LogP) is 2.26. The molecule has 0 spiro atoms. The third kappa shape index (κ3) is 5.67. The maximum atomic E-state index is 12.1. The molecule has 1 fully saturated rings. The number of ether oxygens (including phenoxy) is 2. The second-order valence-corrected chi connectivity index (χ2v) is 7.71. The molecule has 0 aliphatic carbocycles. The Hall–Kier alpha value is -0.810. The first-order valence-corrected chi connectivity index (χ1v) is 7.26. The molecular weight excluding hydrogens is 256 g/mol. The number of carbonyl (C=O) groups is 1. The van der Waals surface area contributed by atoms with Crippen LogP contribution in [-0.4, -0.2) is 55.5 Å². The van der Waals surface area contributed by atoms with E-state index >= 15 is 0 Å². The Labute approximate surface area is 123 Å². The lowest BCUT2D eigenvalue weighted by Gasteiger charge is -2.25. The molecule has 0 aromatic carbocycles. The highest BCUT2D eigenvalue weighted by molar-refractivity contribution is 5.68. The van der Waals surface area contributed by atoms with E-state index in [1.165, 1.54) is 0 Å². The Bertz CT molecular complexity index is 331. The fraction of sp³-hybridized carbons (Fsp3) is 0.933. The fourth-order valence-electron chi connectivity index (χ4n) is 2.12. The van der Waals surface area contributed by atoms with E-state index in [4.69, 9.17) is 9.47 Å². The number of carbonyl (C=O) groups excluding carboxylic acids is 1. The molecule has 0 bridgehead atoms. The minimum atomic E-state index is -0.462. The molecule has 0 saturated carbocycles. The van der Waals surface area contributed by atoms with E-state index in [9.17, 15) is 4.79 Å². The van der Waals surface area contributed by atoms with Gasteiger partial charge in [-0.15, -0.1) is 0 Å². The highest BCUT2D eigenvalue weighted by atomic mass is 16.6. The quantitative estimate of drug-likeness (QED) is 0.864. The summed E-state index contributed by atoms with van der Waals surface area (Å²) in [5, 5.41) is 3.50. The van der Waals surface area contributed by atoms with Gasteiger partial charge in [-0.3, -0.25) is 0 Å². The first-order chi connectivity index (χ1) is 9.02. The third-order valence-corrected chi connectivity index (χ3v) is 3.12. The molecule has 1 amide bonds. The first kappa shape index (κ1) is 17.2. The van der Waals surface area contributed by atoms with Crippen LogP contribution in [0.5, 0.6) is 0 Å². The summed E-state index contributed by atoms with van der Waals surface area (Å²) in [5.41, 5.74) is -0.256. The number of nitrogens with one attached hydrogen (secondary N) is 1. The van der Waals surface area contributed by atoms with Crippen LogP contribution in [-0.2, 0) is 9.47 Å². The normalized spacial score (nSPS) is 24.1. The lowest BCUT2D eigenvalue weighted by molar-refractivity contribution is 0.0252. The van der Waals surface area contributed by atoms with E-state index < -0.39 is 5.60 Å². The summed E-state index contributed by atoms with van der Waals surface area (Å²) in [7, 11) is 1.69. The number of likely N-dealkylation sites (tertiary alicyclic amines) is 1. The van der Waals surface area contributed by atoms with Gasteiger partial charge in [0.2, 0.25) is 0 Å². The van der Waals surface area contributed by atoms with E-state index in [1.807, 2.05) is 20.8 Å². The number of rotatable bonds is 3. The monoisotopic (exact) mass is 286 g/mol. The Morgan fingerprint density at radius 1 is 1.20 bits per heavy atom. The second kappa shape index (κ2) is 6.31. The number of methoxy groups -OCH3 is 1. The lowest BCUT2D eigenvalue weighted by atomic mass is 9.96. The summed E-state index contributed by atoms with van der Waals surface area (Å²) < 4.78 is 10.9. The Morgan fingerprint density at radius 3 is 2.25 bits per heavy atom. The van der Waals surface area contributed by atoms with Gasteiger partial charge in [0.1, 0.15) is 5.60 Å². The Morgan fingerprint density at radius 2 is 1.80 bits per heavy atom. The molecule has 1 rings (SSSR count). The van der Waals surface area contributed by atoms with E-state index in [1.54, 1.807) is 12.0 Å². The Balaban J connectivity index is 2.56. The van der Waals surface area contributed by atoms with Gasteiger partial charge < -0.3 is 19.7 Å². The highest BCUT2D eigenvalue weighted by Crippen LogP contribution is 2.19. The van der Waals surface area contributed by atoms with Gasteiger partial charge in [0.15, 0.2) is 0 Å². The molecule has 0 radical (unpaired) electrons. The van der Waals surface area contributed by atoms with Crippen molar-refractivity contribution in [3.05, 3.63) is 0 Å². The van der Waals surface area contributed by atoms with Crippen molar-refractivity contribution in [1.29, 1.82) is 0 Å². The van der Waals surface area contributed by atoms with Crippen LogP contribution in [0.4, 0.5) is 4.79 Å². The summed E-state index contributed by atoms with van der Waals surface area (Å²) in [6.45, 7) is 14.3. The molecule has 5 nitrogen and oxygen atoms in total. The molecule has 1 aliphatic rings. The summed E-state index contributed by atoms with van der Waals surface area (Å²) in [4.78, 5) is 13.8. The molecule has 1 saturated heterocycles. The van der Waals surface area contributed by atoms with Crippen LogP contribution in [0, 0.1) is 5.41 Å². The molecule has 0 aromatic heterocycles. The van der Waals surface area contributed by atoms with Crippen molar-refractivity contribution in [1.82, 2.24) is 10.2 Å². The van der Waals surface area contributed by atoms with E-state index in [0.29, 0.717) is 13.1 Å².